The second-order valence-corrected chi connectivity index (χ2v) is 9.77. The van der Waals surface area contributed by atoms with Gasteiger partial charge in [-0.2, -0.15) is 0 Å². The summed E-state index contributed by atoms with van der Waals surface area (Å²) in [5.74, 6) is 1.73. The Hall–Kier alpha value is -3.05. The van der Waals surface area contributed by atoms with E-state index in [2.05, 4.69) is 64.0 Å². The summed E-state index contributed by atoms with van der Waals surface area (Å²) in [6, 6.07) is 23.0. The summed E-state index contributed by atoms with van der Waals surface area (Å²) in [5, 5.41) is 0. The van der Waals surface area contributed by atoms with E-state index in [9.17, 15) is 4.79 Å². The van der Waals surface area contributed by atoms with E-state index in [0.29, 0.717) is 18.4 Å². The molecule has 0 aliphatic carbocycles. The highest BCUT2D eigenvalue weighted by Crippen LogP contribution is 2.38. The predicted octanol–water partition coefficient (Wildman–Crippen LogP) is 4.93. The number of rotatable bonds is 9. The normalized spacial score (nSPS) is 18.4. The molecule has 2 heterocycles. The van der Waals surface area contributed by atoms with Crippen LogP contribution in [0.5, 0.6) is 5.75 Å². The summed E-state index contributed by atoms with van der Waals surface area (Å²) in [4.78, 5) is 17.9. The van der Waals surface area contributed by atoms with E-state index >= 15 is 0 Å². The quantitative estimate of drug-likeness (QED) is 0.455. The number of hydrogen-bond acceptors (Lipinski definition) is 3. The van der Waals surface area contributed by atoms with E-state index in [4.69, 9.17) is 4.74 Å². The molecule has 0 saturated carbocycles. The number of carbonyl (C=O) groups is 1. The number of hydrogen-bond donors (Lipinski definition) is 0. The molecule has 1 amide bonds. The summed E-state index contributed by atoms with van der Waals surface area (Å²) in [5.41, 5.74) is 3.71. The molecule has 3 aromatic rings. The average Bonchev–Trinajstić information content (AvgIpc) is 3.44. The second-order valence-electron chi connectivity index (χ2n) is 9.77. The molecular formula is C29H37N3O2. The number of likely N-dealkylation sites (tertiary alicyclic amines) is 1. The Balaban J connectivity index is 1.61. The Bertz CT molecular complexity index is 1080. The Labute approximate surface area is 203 Å². The fourth-order valence-electron chi connectivity index (χ4n) is 5.17. The van der Waals surface area contributed by atoms with Gasteiger partial charge in [0.1, 0.15) is 5.75 Å². The molecule has 5 heteroatoms. The highest BCUT2D eigenvalue weighted by molar-refractivity contribution is 5.78. The molecule has 0 unspecified atom stereocenters. The number of amides is 1. The summed E-state index contributed by atoms with van der Waals surface area (Å²) in [7, 11) is 3.85. The predicted molar refractivity (Wildman–Crippen MR) is 137 cm³/mol. The SMILES string of the molecule is COc1ccccc1[C@H]1CN(Cc2cccn2C)C[C@@H]1CN(Cc1ccccc1)C(=O)C(C)C. The number of para-hydroxylation sites is 1. The number of carbonyl (C=O) groups excluding carboxylic acids is 1. The minimum atomic E-state index is -0.0331. The third-order valence-electron chi connectivity index (χ3n) is 6.97. The molecule has 2 atom stereocenters. The zero-order valence-corrected chi connectivity index (χ0v) is 20.9. The Morgan fingerprint density at radius 3 is 2.44 bits per heavy atom. The van der Waals surface area contributed by atoms with Crippen molar-refractivity contribution >= 4 is 5.91 Å². The first-order valence-corrected chi connectivity index (χ1v) is 12.2. The van der Waals surface area contributed by atoms with E-state index in [1.807, 2.05) is 44.2 Å². The van der Waals surface area contributed by atoms with E-state index in [1.54, 1.807) is 7.11 Å². The fraction of sp³-hybridized carbons (Fsp3) is 0.414. The average molecular weight is 460 g/mol. The summed E-state index contributed by atoms with van der Waals surface area (Å²) >= 11 is 0. The molecule has 5 nitrogen and oxygen atoms in total. The van der Waals surface area contributed by atoms with Crippen molar-refractivity contribution in [3.63, 3.8) is 0 Å². The van der Waals surface area contributed by atoms with Gasteiger partial charge in [-0.05, 0) is 35.2 Å². The molecule has 0 bridgehead atoms. The molecule has 1 aliphatic heterocycles. The fourth-order valence-corrected chi connectivity index (χ4v) is 5.17. The summed E-state index contributed by atoms with van der Waals surface area (Å²) in [6.07, 6.45) is 2.10. The van der Waals surface area contributed by atoms with Crippen molar-refractivity contribution in [2.45, 2.75) is 32.9 Å². The molecule has 0 spiro atoms. The molecule has 180 valence electrons. The molecular weight excluding hydrogens is 422 g/mol. The first-order valence-electron chi connectivity index (χ1n) is 12.2. The molecule has 0 N–H and O–H groups in total. The lowest BCUT2D eigenvalue weighted by atomic mass is 9.87. The van der Waals surface area contributed by atoms with Gasteiger partial charge in [-0.25, -0.2) is 0 Å². The van der Waals surface area contributed by atoms with Gasteiger partial charge in [0.15, 0.2) is 0 Å². The molecule has 1 fully saturated rings. The maximum atomic E-state index is 13.3. The van der Waals surface area contributed by atoms with Crippen molar-refractivity contribution in [3.8, 4) is 5.75 Å². The first-order chi connectivity index (χ1) is 16.5. The second kappa shape index (κ2) is 10.9. The largest absolute Gasteiger partial charge is 0.496 e. The van der Waals surface area contributed by atoms with Crippen LogP contribution in [0, 0.1) is 11.8 Å². The smallest absolute Gasteiger partial charge is 0.225 e. The van der Waals surface area contributed by atoms with Crippen molar-refractivity contribution in [1.29, 1.82) is 0 Å². The van der Waals surface area contributed by atoms with Crippen molar-refractivity contribution in [2.75, 3.05) is 26.7 Å². The highest BCUT2D eigenvalue weighted by atomic mass is 16.5. The molecule has 34 heavy (non-hydrogen) atoms. The van der Waals surface area contributed by atoms with Crippen LogP contribution >= 0.6 is 0 Å². The van der Waals surface area contributed by atoms with Gasteiger partial charge in [-0.1, -0.05) is 62.4 Å². The van der Waals surface area contributed by atoms with Gasteiger partial charge in [0.25, 0.3) is 0 Å². The lowest BCUT2D eigenvalue weighted by molar-refractivity contribution is -0.135. The summed E-state index contributed by atoms with van der Waals surface area (Å²) in [6.45, 7) is 8.17. The minimum absolute atomic E-state index is 0.0331. The number of aromatic nitrogens is 1. The van der Waals surface area contributed by atoms with Crippen LogP contribution in [0.4, 0.5) is 0 Å². The third kappa shape index (κ3) is 5.53. The van der Waals surface area contributed by atoms with Crippen LogP contribution in [0.2, 0.25) is 0 Å². The molecule has 0 radical (unpaired) electrons. The first kappa shape index (κ1) is 24.1. The molecule has 4 rings (SSSR count). The van der Waals surface area contributed by atoms with Crippen LogP contribution in [0.15, 0.2) is 72.9 Å². The lowest BCUT2D eigenvalue weighted by Gasteiger charge is -2.30. The number of benzene rings is 2. The van der Waals surface area contributed by atoms with Crippen molar-refractivity contribution in [3.05, 3.63) is 89.7 Å². The van der Waals surface area contributed by atoms with Crippen molar-refractivity contribution < 1.29 is 9.53 Å². The number of nitrogens with zero attached hydrogens (tertiary/aromatic N) is 3. The van der Waals surface area contributed by atoms with Crippen LogP contribution in [0.3, 0.4) is 0 Å². The van der Waals surface area contributed by atoms with Gasteiger partial charge < -0.3 is 14.2 Å². The summed E-state index contributed by atoms with van der Waals surface area (Å²) < 4.78 is 7.94. The van der Waals surface area contributed by atoms with Crippen molar-refractivity contribution in [1.82, 2.24) is 14.4 Å². The van der Waals surface area contributed by atoms with Crippen LogP contribution < -0.4 is 4.74 Å². The monoisotopic (exact) mass is 459 g/mol. The topological polar surface area (TPSA) is 37.7 Å². The van der Waals surface area contributed by atoms with Gasteiger partial charge in [0.2, 0.25) is 5.91 Å². The standard InChI is InChI=1S/C29H37N3O2/c1-22(2)29(33)32(17-23-11-6-5-7-12-23)19-24-18-31(20-25-13-10-16-30(25)3)21-27(24)26-14-8-9-15-28(26)34-4/h5-16,22,24,27H,17-21H2,1-4H3/t24-,27+/m1/s1. The van der Waals surface area contributed by atoms with Gasteiger partial charge in [-0.3, -0.25) is 9.69 Å². The van der Waals surface area contributed by atoms with Gasteiger partial charge in [0.05, 0.1) is 7.11 Å². The molecule has 2 aromatic carbocycles. The van der Waals surface area contributed by atoms with Gasteiger partial charge in [0, 0.05) is 63.5 Å². The van der Waals surface area contributed by atoms with Gasteiger partial charge >= 0.3 is 0 Å². The zero-order chi connectivity index (χ0) is 24.1. The number of methoxy groups -OCH3 is 1. The van der Waals surface area contributed by atoms with Gasteiger partial charge in [-0.15, -0.1) is 0 Å². The number of aryl methyl sites for hydroxylation is 1. The van der Waals surface area contributed by atoms with Crippen LogP contribution in [0.25, 0.3) is 0 Å². The van der Waals surface area contributed by atoms with Crippen LogP contribution in [-0.4, -0.2) is 47.0 Å². The maximum Gasteiger partial charge on any atom is 0.225 e. The molecule has 1 saturated heterocycles. The van der Waals surface area contributed by atoms with E-state index < -0.39 is 0 Å². The molecule has 1 aliphatic rings. The van der Waals surface area contributed by atoms with E-state index in [0.717, 1.165) is 31.9 Å². The van der Waals surface area contributed by atoms with Crippen LogP contribution in [-0.2, 0) is 24.9 Å². The Morgan fingerprint density at radius 2 is 1.76 bits per heavy atom. The highest BCUT2D eigenvalue weighted by Gasteiger charge is 2.37. The lowest BCUT2D eigenvalue weighted by Crippen LogP contribution is -2.39. The molecule has 1 aromatic heterocycles. The minimum Gasteiger partial charge on any atom is -0.496 e. The Kier molecular flexibility index (Phi) is 7.73. The van der Waals surface area contributed by atoms with E-state index in [1.165, 1.54) is 16.8 Å². The van der Waals surface area contributed by atoms with E-state index in [-0.39, 0.29) is 11.8 Å². The number of ether oxygens (including phenoxy) is 1. The Morgan fingerprint density at radius 1 is 1.03 bits per heavy atom. The van der Waals surface area contributed by atoms with Crippen LogP contribution in [0.1, 0.15) is 36.6 Å². The third-order valence-corrected chi connectivity index (χ3v) is 6.97. The van der Waals surface area contributed by atoms with Crippen molar-refractivity contribution in [2.24, 2.45) is 18.9 Å². The maximum absolute atomic E-state index is 13.3. The zero-order valence-electron chi connectivity index (χ0n) is 20.9.